The molecule has 1 aromatic carbocycles. The lowest BCUT2D eigenvalue weighted by atomic mass is 10.1. The smallest absolute Gasteiger partial charge is 0.254 e. The number of fused-ring (bicyclic) bond motifs is 1. The minimum absolute atomic E-state index is 0.0912. The van der Waals surface area contributed by atoms with Crippen LogP contribution in [0.25, 0.3) is 0 Å². The highest BCUT2D eigenvalue weighted by Gasteiger charge is 2.23. The largest absolute Gasteiger partial charge is 0.372 e. The number of ether oxygens (including phenoxy) is 1. The van der Waals surface area contributed by atoms with Gasteiger partial charge in [0.05, 0.1) is 37.0 Å². The first-order chi connectivity index (χ1) is 12.0. The summed E-state index contributed by atoms with van der Waals surface area (Å²) in [6.45, 7) is 10.9. The van der Waals surface area contributed by atoms with Crippen molar-refractivity contribution in [3.05, 3.63) is 52.6 Å². The van der Waals surface area contributed by atoms with E-state index in [0.29, 0.717) is 13.2 Å². The summed E-state index contributed by atoms with van der Waals surface area (Å²) in [7, 11) is 0. The molecule has 134 valence electrons. The maximum atomic E-state index is 13.0. The molecule has 3 rings (SSSR count). The topological polar surface area (TPSA) is 47.4 Å². The molecule has 0 N–H and O–H groups in total. The van der Waals surface area contributed by atoms with Crippen molar-refractivity contribution < 1.29 is 9.53 Å². The number of hydrogen-bond acceptors (Lipinski definition) is 3. The molecule has 1 amide bonds. The molecular formula is C20H27N3O2. The second kappa shape index (κ2) is 7.40. The number of aryl methyl sites for hydroxylation is 3. The van der Waals surface area contributed by atoms with Crippen molar-refractivity contribution >= 4 is 5.91 Å². The summed E-state index contributed by atoms with van der Waals surface area (Å²) in [4.78, 5) is 19.4. The third kappa shape index (κ3) is 3.93. The number of carbonyl (C=O) groups excluding carboxylic acids is 1. The number of imidazole rings is 1. The van der Waals surface area contributed by atoms with Gasteiger partial charge in [-0.1, -0.05) is 6.07 Å². The molecule has 0 atom stereocenters. The van der Waals surface area contributed by atoms with Crippen LogP contribution < -0.4 is 0 Å². The van der Waals surface area contributed by atoms with E-state index in [4.69, 9.17) is 4.74 Å². The van der Waals surface area contributed by atoms with Gasteiger partial charge in [-0.3, -0.25) is 4.79 Å². The van der Waals surface area contributed by atoms with Gasteiger partial charge >= 0.3 is 0 Å². The molecule has 0 saturated carbocycles. The Morgan fingerprint density at radius 1 is 1.24 bits per heavy atom. The highest BCUT2D eigenvalue weighted by molar-refractivity contribution is 5.94. The van der Waals surface area contributed by atoms with Gasteiger partial charge in [-0.2, -0.15) is 0 Å². The Labute approximate surface area is 149 Å². The molecule has 1 aliphatic heterocycles. The van der Waals surface area contributed by atoms with Crippen LogP contribution in [-0.2, 0) is 24.4 Å². The van der Waals surface area contributed by atoms with Gasteiger partial charge in [-0.25, -0.2) is 4.98 Å². The summed E-state index contributed by atoms with van der Waals surface area (Å²) in [5, 5.41) is 0. The summed E-state index contributed by atoms with van der Waals surface area (Å²) in [5.41, 5.74) is 5.15. The van der Waals surface area contributed by atoms with Crippen molar-refractivity contribution in [3.63, 3.8) is 0 Å². The zero-order valence-electron chi connectivity index (χ0n) is 15.6. The first-order valence-electron chi connectivity index (χ1n) is 8.96. The van der Waals surface area contributed by atoms with E-state index in [9.17, 15) is 4.79 Å². The number of carbonyl (C=O) groups is 1. The van der Waals surface area contributed by atoms with Crippen LogP contribution in [0.2, 0.25) is 0 Å². The predicted octanol–water partition coefficient (Wildman–Crippen LogP) is 3.47. The molecule has 0 unspecified atom stereocenters. The molecule has 5 heteroatoms. The molecule has 1 aromatic heterocycles. The van der Waals surface area contributed by atoms with E-state index in [-0.39, 0.29) is 12.0 Å². The third-order valence-corrected chi connectivity index (χ3v) is 4.79. The van der Waals surface area contributed by atoms with Gasteiger partial charge < -0.3 is 14.2 Å². The summed E-state index contributed by atoms with van der Waals surface area (Å²) in [5.74, 6) is 0.0912. The van der Waals surface area contributed by atoms with Crippen molar-refractivity contribution in [1.82, 2.24) is 14.5 Å². The maximum absolute atomic E-state index is 13.0. The Morgan fingerprint density at radius 3 is 2.76 bits per heavy atom. The standard InChI is InChI=1S/C20H27N3O2/c1-14(2)25-12-18-19-11-22(8-5-9-23(19)13-21-18)20(24)17-7-6-15(3)16(4)10-17/h6-7,10,13-14H,5,8-9,11-12H2,1-4H3. The van der Waals surface area contributed by atoms with Crippen LogP contribution in [0.5, 0.6) is 0 Å². The average Bonchev–Trinajstić information content (AvgIpc) is 2.83. The number of benzene rings is 1. The van der Waals surface area contributed by atoms with Crippen molar-refractivity contribution in [3.8, 4) is 0 Å². The molecule has 0 spiro atoms. The second-order valence-corrected chi connectivity index (χ2v) is 7.07. The number of nitrogens with zero attached hydrogens (tertiary/aromatic N) is 3. The van der Waals surface area contributed by atoms with E-state index in [0.717, 1.165) is 42.0 Å². The zero-order valence-corrected chi connectivity index (χ0v) is 15.6. The van der Waals surface area contributed by atoms with E-state index in [1.165, 1.54) is 5.56 Å². The summed E-state index contributed by atoms with van der Waals surface area (Å²) >= 11 is 0. The Kier molecular flexibility index (Phi) is 5.23. The van der Waals surface area contributed by atoms with Gasteiger partial charge in [0.15, 0.2) is 0 Å². The first kappa shape index (κ1) is 17.7. The molecule has 0 aliphatic carbocycles. The second-order valence-electron chi connectivity index (χ2n) is 7.07. The molecule has 1 aliphatic rings. The molecule has 2 heterocycles. The van der Waals surface area contributed by atoms with Crippen molar-refractivity contribution in [2.45, 2.75) is 59.9 Å². The minimum Gasteiger partial charge on any atom is -0.372 e. The number of amides is 1. The molecule has 0 fully saturated rings. The van der Waals surface area contributed by atoms with E-state index >= 15 is 0 Å². The Hall–Kier alpha value is -2.14. The summed E-state index contributed by atoms with van der Waals surface area (Å²) in [6, 6.07) is 5.94. The van der Waals surface area contributed by atoms with Crippen molar-refractivity contribution in [2.24, 2.45) is 0 Å². The lowest BCUT2D eigenvalue weighted by Crippen LogP contribution is -2.31. The van der Waals surface area contributed by atoms with Crippen LogP contribution in [0.3, 0.4) is 0 Å². The fraction of sp³-hybridized carbons (Fsp3) is 0.500. The van der Waals surface area contributed by atoms with Gasteiger partial charge in [0.2, 0.25) is 0 Å². The van der Waals surface area contributed by atoms with E-state index in [2.05, 4.69) is 16.5 Å². The van der Waals surface area contributed by atoms with Gasteiger partial charge in [0, 0.05) is 18.7 Å². The predicted molar refractivity (Wildman–Crippen MR) is 97.4 cm³/mol. The third-order valence-electron chi connectivity index (χ3n) is 4.79. The Morgan fingerprint density at radius 2 is 2.04 bits per heavy atom. The van der Waals surface area contributed by atoms with Gasteiger partial charge in [-0.15, -0.1) is 0 Å². The first-order valence-corrected chi connectivity index (χ1v) is 8.96. The molecule has 0 saturated heterocycles. The number of aromatic nitrogens is 2. The van der Waals surface area contributed by atoms with Gasteiger partial charge in [-0.05, 0) is 57.4 Å². The molecule has 25 heavy (non-hydrogen) atoms. The normalized spacial score (nSPS) is 14.5. The van der Waals surface area contributed by atoms with E-state index in [1.807, 2.05) is 50.2 Å². The molecule has 0 bridgehead atoms. The zero-order chi connectivity index (χ0) is 18.0. The Balaban J connectivity index is 1.81. The van der Waals surface area contributed by atoms with Crippen LogP contribution in [0, 0.1) is 13.8 Å². The molecule has 0 radical (unpaired) electrons. The number of rotatable bonds is 4. The highest BCUT2D eigenvalue weighted by atomic mass is 16.5. The fourth-order valence-corrected chi connectivity index (χ4v) is 3.11. The van der Waals surface area contributed by atoms with Gasteiger partial charge in [0.1, 0.15) is 0 Å². The monoisotopic (exact) mass is 341 g/mol. The van der Waals surface area contributed by atoms with Crippen molar-refractivity contribution in [2.75, 3.05) is 6.54 Å². The Bertz CT molecular complexity index is 764. The number of hydrogen-bond donors (Lipinski definition) is 0. The highest BCUT2D eigenvalue weighted by Crippen LogP contribution is 2.20. The quantitative estimate of drug-likeness (QED) is 0.855. The lowest BCUT2D eigenvalue weighted by Gasteiger charge is -2.21. The van der Waals surface area contributed by atoms with Crippen molar-refractivity contribution in [1.29, 1.82) is 0 Å². The van der Waals surface area contributed by atoms with Crippen LogP contribution in [0.15, 0.2) is 24.5 Å². The van der Waals surface area contributed by atoms with Gasteiger partial charge in [0.25, 0.3) is 5.91 Å². The SMILES string of the molecule is Cc1ccc(C(=O)N2CCCn3cnc(COC(C)C)c3C2)cc1C. The van der Waals surface area contributed by atoms with Crippen LogP contribution >= 0.6 is 0 Å². The molecule has 5 nitrogen and oxygen atoms in total. The van der Waals surface area contributed by atoms with Crippen LogP contribution in [0.1, 0.15) is 53.1 Å². The van der Waals surface area contributed by atoms with Crippen LogP contribution in [0.4, 0.5) is 0 Å². The summed E-state index contributed by atoms with van der Waals surface area (Å²) in [6.07, 6.45) is 2.97. The average molecular weight is 341 g/mol. The maximum Gasteiger partial charge on any atom is 0.254 e. The fourth-order valence-electron chi connectivity index (χ4n) is 3.11. The van der Waals surface area contributed by atoms with E-state index < -0.39 is 0 Å². The van der Waals surface area contributed by atoms with Crippen LogP contribution in [-0.4, -0.2) is 33.0 Å². The molecule has 2 aromatic rings. The van der Waals surface area contributed by atoms with E-state index in [1.54, 1.807) is 0 Å². The summed E-state index contributed by atoms with van der Waals surface area (Å²) < 4.78 is 7.88. The molecular weight excluding hydrogens is 314 g/mol. The lowest BCUT2D eigenvalue weighted by molar-refractivity contribution is 0.0620. The minimum atomic E-state index is 0.0912.